The molecular formula is C37H48F2N4O5S. The second-order valence-corrected chi connectivity index (χ2v) is 15.3. The molecule has 0 spiro atoms. The smallest absolute Gasteiger partial charge is 0.330 e. The minimum absolute atomic E-state index is 0.0337. The molecule has 49 heavy (non-hydrogen) atoms. The molecule has 0 saturated heterocycles. The highest BCUT2D eigenvalue weighted by atomic mass is 32.2. The number of hydrogen-bond acceptors (Lipinski definition) is 8. The third-order valence-corrected chi connectivity index (χ3v) is 11.4. The fraction of sp³-hybridized carbons (Fsp3) is 0.486. The molecule has 2 aromatic carbocycles. The lowest BCUT2D eigenvalue weighted by Gasteiger charge is -2.30. The van der Waals surface area contributed by atoms with Crippen LogP contribution >= 0.6 is 0 Å². The van der Waals surface area contributed by atoms with Gasteiger partial charge in [-0.3, -0.25) is 9.78 Å². The zero-order chi connectivity index (χ0) is 35.6. The quantitative estimate of drug-likeness (QED) is 0.146. The van der Waals surface area contributed by atoms with Crippen molar-refractivity contribution in [3.8, 4) is 0 Å². The van der Waals surface area contributed by atoms with Crippen LogP contribution in [-0.4, -0.2) is 61.0 Å². The molecule has 4 rings (SSSR count). The lowest BCUT2D eigenvalue weighted by molar-refractivity contribution is -0.151. The summed E-state index contributed by atoms with van der Waals surface area (Å²) in [4.78, 5) is 31.1. The average molecular weight is 699 g/mol. The number of benzene rings is 2. The Labute approximate surface area is 288 Å². The Kier molecular flexibility index (Phi) is 13.4. The molecule has 0 unspecified atom stereocenters. The van der Waals surface area contributed by atoms with Gasteiger partial charge in [-0.15, -0.1) is 0 Å². The van der Waals surface area contributed by atoms with Crippen molar-refractivity contribution in [3.63, 3.8) is 0 Å². The summed E-state index contributed by atoms with van der Waals surface area (Å²) in [6, 6.07) is 11.7. The van der Waals surface area contributed by atoms with Crippen LogP contribution in [0.5, 0.6) is 0 Å². The number of nitrogens with one attached hydrogen (secondary N) is 2. The number of nitrogens with two attached hydrogens (primary N) is 1. The van der Waals surface area contributed by atoms with Gasteiger partial charge in [-0.1, -0.05) is 57.9 Å². The van der Waals surface area contributed by atoms with Gasteiger partial charge in [-0.2, -0.15) is 0 Å². The normalized spacial score (nSPS) is 15.7. The summed E-state index contributed by atoms with van der Waals surface area (Å²) in [5, 5.41) is 5.41. The van der Waals surface area contributed by atoms with E-state index in [1.165, 1.54) is 42.2 Å². The molecule has 1 aliphatic carbocycles. The number of pyridine rings is 1. The first kappa shape index (κ1) is 38.1. The Hall–Kier alpha value is -3.74. The van der Waals surface area contributed by atoms with Crippen LogP contribution in [0, 0.1) is 11.6 Å². The number of carbonyl (C=O) groups is 2. The van der Waals surface area contributed by atoms with Crippen LogP contribution in [0.25, 0.3) is 0 Å². The van der Waals surface area contributed by atoms with E-state index in [0.717, 1.165) is 30.9 Å². The van der Waals surface area contributed by atoms with Crippen LogP contribution in [0.2, 0.25) is 0 Å². The Bertz CT molecular complexity index is 1640. The number of aryl methyl sites for hydroxylation is 1. The van der Waals surface area contributed by atoms with E-state index in [9.17, 15) is 26.8 Å². The van der Waals surface area contributed by atoms with Crippen LogP contribution in [0.15, 0.2) is 67.0 Å². The molecule has 266 valence electrons. The molecule has 1 aliphatic rings. The molecule has 1 amide bonds. The Morgan fingerprint density at radius 3 is 2.20 bits per heavy atom. The van der Waals surface area contributed by atoms with Crippen LogP contribution in [0.3, 0.4) is 0 Å². The predicted octanol–water partition coefficient (Wildman–Crippen LogP) is 5.16. The topological polar surface area (TPSA) is 140 Å². The summed E-state index contributed by atoms with van der Waals surface area (Å²) in [6.07, 6.45) is 6.39. The Morgan fingerprint density at radius 2 is 1.61 bits per heavy atom. The van der Waals surface area contributed by atoms with Gasteiger partial charge in [0.25, 0.3) is 5.91 Å². The molecule has 0 bridgehead atoms. The lowest BCUT2D eigenvalue weighted by Crippen LogP contribution is -2.53. The number of sulfone groups is 1. The molecule has 1 saturated carbocycles. The molecule has 0 aliphatic heterocycles. The fourth-order valence-corrected chi connectivity index (χ4v) is 8.30. The molecule has 9 nitrogen and oxygen atoms in total. The number of aromatic nitrogens is 1. The van der Waals surface area contributed by atoms with Crippen molar-refractivity contribution in [1.29, 1.82) is 0 Å². The third-order valence-electron chi connectivity index (χ3n) is 9.08. The molecule has 12 heteroatoms. The maximum Gasteiger partial charge on any atom is 0.330 e. The molecule has 1 aromatic heterocycles. The van der Waals surface area contributed by atoms with Crippen LogP contribution in [-0.2, 0) is 37.7 Å². The summed E-state index contributed by atoms with van der Waals surface area (Å²) in [5.41, 5.74) is 8.97. The summed E-state index contributed by atoms with van der Waals surface area (Å²) < 4.78 is 61.5. The lowest BCUT2D eigenvalue weighted by atomic mass is 9.98. The summed E-state index contributed by atoms with van der Waals surface area (Å²) in [6.45, 7) is 5.94. The number of halogens is 2. The van der Waals surface area contributed by atoms with Crippen molar-refractivity contribution < 1.29 is 31.5 Å². The highest BCUT2D eigenvalue weighted by Crippen LogP contribution is 2.45. The largest absolute Gasteiger partial charge is 0.458 e. The first-order valence-corrected chi connectivity index (χ1v) is 18.8. The Balaban J connectivity index is 1.62. The van der Waals surface area contributed by atoms with Gasteiger partial charge in [0.1, 0.15) is 23.8 Å². The van der Waals surface area contributed by atoms with Crippen LogP contribution < -0.4 is 16.4 Å². The number of rotatable bonds is 19. The molecule has 1 fully saturated rings. The van der Waals surface area contributed by atoms with E-state index in [4.69, 9.17) is 10.5 Å². The fourth-order valence-electron chi connectivity index (χ4n) is 6.15. The van der Waals surface area contributed by atoms with E-state index in [2.05, 4.69) is 34.7 Å². The van der Waals surface area contributed by atoms with Gasteiger partial charge in [-0.25, -0.2) is 22.0 Å². The van der Waals surface area contributed by atoms with E-state index >= 15 is 0 Å². The summed E-state index contributed by atoms with van der Waals surface area (Å²) in [7, 11) is -3.86. The maximum atomic E-state index is 14.1. The van der Waals surface area contributed by atoms with Gasteiger partial charge in [0.05, 0.1) is 11.0 Å². The van der Waals surface area contributed by atoms with Crippen molar-refractivity contribution in [2.45, 2.75) is 101 Å². The van der Waals surface area contributed by atoms with Crippen LogP contribution in [0.1, 0.15) is 86.3 Å². The van der Waals surface area contributed by atoms with Crippen molar-refractivity contribution >= 4 is 21.7 Å². The Morgan fingerprint density at radius 1 is 0.959 bits per heavy atom. The van der Waals surface area contributed by atoms with Crippen LogP contribution in [0.4, 0.5) is 8.78 Å². The van der Waals surface area contributed by atoms with E-state index in [1.807, 2.05) is 26.0 Å². The first-order valence-electron chi connectivity index (χ1n) is 17.1. The first-order chi connectivity index (χ1) is 23.4. The number of ether oxygens (including phenoxy) is 1. The van der Waals surface area contributed by atoms with Gasteiger partial charge in [0.2, 0.25) is 0 Å². The molecule has 1 heterocycles. The number of amides is 1. The second kappa shape index (κ2) is 17.3. The minimum Gasteiger partial charge on any atom is -0.458 e. The van der Waals surface area contributed by atoms with Gasteiger partial charge >= 0.3 is 5.97 Å². The summed E-state index contributed by atoms with van der Waals surface area (Å²) >= 11 is 0. The molecule has 3 atom stereocenters. The number of carbonyl (C=O) groups excluding carboxylic acids is 2. The van der Waals surface area contributed by atoms with Gasteiger partial charge in [0, 0.05) is 42.1 Å². The number of nitrogens with zero attached hydrogens (tertiary/aromatic N) is 1. The molecule has 3 aromatic rings. The number of hydrogen-bond donors (Lipinski definition) is 3. The zero-order valence-electron chi connectivity index (χ0n) is 28.5. The molecule has 4 N–H and O–H groups in total. The van der Waals surface area contributed by atoms with Gasteiger partial charge in [-0.05, 0) is 79.5 Å². The summed E-state index contributed by atoms with van der Waals surface area (Å²) in [5.74, 6) is -3.82. The van der Waals surface area contributed by atoms with Crippen molar-refractivity contribution in [1.82, 2.24) is 15.6 Å². The SMILES string of the molecule is CCCC(CCC)S(=O)(=O)C[C@@H](NC(=O)c1ccncc1)C(=O)O[C@H](CNC1(c2cccc(CC)c2)CC1)[C@@H](N)Cc1cc(F)cc(F)c1. The average Bonchev–Trinajstić information content (AvgIpc) is 3.87. The number of esters is 1. The standard InChI is InChI=1S/C37H48F2N4O5S/c1-4-8-31(9-5-2)49(46,47)24-33(43-35(44)27-12-16-41-17-13-27)36(45)48-34(32(40)21-26-19-29(38)22-30(39)20-26)23-42-37(14-15-37)28-11-7-10-25(6-3)18-28/h7,10-13,16-20,22,31-34,42H,4-6,8-9,14-15,21,23-24,40H2,1-3H3,(H,43,44)/t32-,33+,34+/m0/s1. The monoisotopic (exact) mass is 698 g/mol. The van der Waals surface area contributed by atoms with Gasteiger partial charge in [0.15, 0.2) is 9.84 Å². The van der Waals surface area contributed by atoms with Crippen molar-refractivity contribution in [2.24, 2.45) is 5.73 Å². The predicted molar refractivity (Wildman–Crippen MR) is 186 cm³/mol. The minimum atomic E-state index is -3.86. The highest BCUT2D eigenvalue weighted by molar-refractivity contribution is 7.92. The van der Waals surface area contributed by atoms with E-state index < -0.39 is 62.5 Å². The van der Waals surface area contributed by atoms with E-state index in [0.29, 0.717) is 25.7 Å². The zero-order valence-corrected chi connectivity index (χ0v) is 29.3. The molecule has 0 radical (unpaired) electrons. The van der Waals surface area contributed by atoms with Crippen molar-refractivity contribution in [3.05, 3.63) is 101 Å². The third kappa shape index (κ3) is 10.6. The van der Waals surface area contributed by atoms with E-state index in [1.54, 1.807) is 0 Å². The second-order valence-electron chi connectivity index (χ2n) is 12.9. The molecular weight excluding hydrogens is 650 g/mol. The maximum absolute atomic E-state index is 14.1. The van der Waals surface area contributed by atoms with E-state index in [-0.39, 0.29) is 29.6 Å². The van der Waals surface area contributed by atoms with Crippen molar-refractivity contribution in [2.75, 3.05) is 12.3 Å². The van der Waals surface area contributed by atoms with Gasteiger partial charge < -0.3 is 21.1 Å². The highest BCUT2D eigenvalue weighted by Gasteiger charge is 2.45.